The molecule has 0 spiro atoms. The Morgan fingerprint density at radius 1 is 1.62 bits per heavy atom. The van der Waals surface area contributed by atoms with Crippen LogP contribution >= 0.6 is 0 Å². The molecular weight excluding hydrogens is 162 g/mol. The van der Waals surface area contributed by atoms with Crippen molar-refractivity contribution in [3.63, 3.8) is 0 Å². The first kappa shape index (κ1) is 10.7. The minimum Gasteiger partial charge on any atom is -0.389 e. The molecule has 2 nitrogen and oxygen atoms in total. The van der Waals surface area contributed by atoms with Crippen molar-refractivity contribution in [1.82, 2.24) is 5.32 Å². The van der Waals surface area contributed by atoms with E-state index in [1.807, 2.05) is 13.8 Å². The zero-order valence-electron chi connectivity index (χ0n) is 8.71. The maximum atomic E-state index is 9.77. The zero-order chi connectivity index (χ0) is 9.73. The predicted octanol–water partition coefficient (Wildman–Crippen LogP) is 1.85. The maximum Gasteiger partial charge on any atom is 0.0741 e. The minimum atomic E-state index is -0.550. The van der Waals surface area contributed by atoms with Crippen LogP contribution in [-0.4, -0.2) is 23.3 Å². The fraction of sp³-hybridized carbons (Fsp3) is 0.818. The Kier molecular flexibility index (Phi) is 3.94. The SMILES string of the molecule is CCC(C)(O)CNC1C=CCCC1. The Balaban J connectivity index is 2.25. The van der Waals surface area contributed by atoms with Crippen molar-refractivity contribution in [2.45, 2.75) is 51.2 Å². The summed E-state index contributed by atoms with van der Waals surface area (Å²) >= 11 is 0. The lowest BCUT2D eigenvalue weighted by Crippen LogP contribution is -2.41. The van der Waals surface area contributed by atoms with Gasteiger partial charge in [-0.15, -0.1) is 0 Å². The first-order valence-electron chi connectivity index (χ1n) is 5.26. The summed E-state index contributed by atoms with van der Waals surface area (Å²) in [6.07, 6.45) is 8.93. The molecule has 2 unspecified atom stereocenters. The van der Waals surface area contributed by atoms with Gasteiger partial charge in [-0.3, -0.25) is 0 Å². The molecule has 0 radical (unpaired) electrons. The van der Waals surface area contributed by atoms with Crippen molar-refractivity contribution in [2.24, 2.45) is 0 Å². The van der Waals surface area contributed by atoms with Crippen molar-refractivity contribution in [2.75, 3.05) is 6.54 Å². The fourth-order valence-corrected chi connectivity index (χ4v) is 1.46. The number of nitrogens with one attached hydrogen (secondary N) is 1. The van der Waals surface area contributed by atoms with Crippen LogP contribution in [0.2, 0.25) is 0 Å². The van der Waals surface area contributed by atoms with Crippen molar-refractivity contribution in [3.8, 4) is 0 Å². The Bertz CT molecular complexity index is 175. The van der Waals surface area contributed by atoms with E-state index in [0.29, 0.717) is 12.6 Å². The summed E-state index contributed by atoms with van der Waals surface area (Å²) in [5, 5.41) is 13.1. The molecular formula is C11H21NO. The number of allylic oxidation sites excluding steroid dienone is 1. The van der Waals surface area contributed by atoms with E-state index in [4.69, 9.17) is 0 Å². The van der Waals surface area contributed by atoms with Gasteiger partial charge in [0.25, 0.3) is 0 Å². The molecule has 0 aromatic rings. The number of hydrogen-bond donors (Lipinski definition) is 2. The molecule has 0 saturated carbocycles. The van der Waals surface area contributed by atoms with Gasteiger partial charge in [0, 0.05) is 12.6 Å². The Hall–Kier alpha value is -0.340. The molecule has 1 rings (SSSR count). The fourth-order valence-electron chi connectivity index (χ4n) is 1.46. The summed E-state index contributed by atoms with van der Waals surface area (Å²) in [6.45, 7) is 4.59. The standard InChI is InChI=1S/C11H21NO/c1-3-11(2,13)9-12-10-7-5-4-6-8-10/h5,7,10,12-13H,3-4,6,8-9H2,1-2H3. The van der Waals surface area contributed by atoms with Gasteiger partial charge in [-0.05, 0) is 32.6 Å². The molecule has 1 aliphatic carbocycles. The summed E-state index contributed by atoms with van der Waals surface area (Å²) in [5.74, 6) is 0. The highest BCUT2D eigenvalue weighted by Gasteiger charge is 2.18. The van der Waals surface area contributed by atoms with Crippen molar-refractivity contribution in [1.29, 1.82) is 0 Å². The second-order valence-corrected chi connectivity index (χ2v) is 4.20. The predicted molar refractivity (Wildman–Crippen MR) is 55.7 cm³/mol. The quantitative estimate of drug-likeness (QED) is 0.652. The van der Waals surface area contributed by atoms with Crippen LogP contribution in [0.15, 0.2) is 12.2 Å². The first-order chi connectivity index (χ1) is 6.14. The van der Waals surface area contributed by atoms with Crippen LogP contribution in [-0.2, 0) is 0 Å². The lowest BCUT2D eigenvalue weighted by molar-refractivity contribution is 0.0538. The molecule has 76 valence electrons. The Labute approximate surface area is 81.0 Å². The van der Waals surface area contributed by atoms with Crippen molar-refractivity contribution >= 4 is 0 Å². The van der Waals surface area contributed by atoms with Crippen LogP contribution in [0.25, 0.3) is 0 Å². The van der Waals surface area contributed by atoms with E-state index in [2.05, 4.69) is 17.5 Å². The highest BCUT2D eigenvalue weighted by atomic mass is 16.3. The molecule has 0 amide bonds. The van der Waals surface area contributed by atoms with E-state index in [1.165, 1.54) is 19.3 Å². The normalized spacial score (nSPS) is 27.2. The second-order valence-electron chi connectivity index (χ2n) is 4.20. The van der Waals surface area contributed by atoms with Gasteiger partial charge in [-0.25, -0.2) is 0 Å². The molecule has 2 atom stereocenters. The highest BCUT2D eigenvalue weighted by Crippen LogP contribution is 2.12. The van der Waals surface area contributed by atoms with Crippen LogP contribution in [0.3, 0.4) is 0 Å². The third kappa shape index (κ3) is 3.92. The molecule has 0 fully saturated rings. The summed E-state index contributed by atoms with van der Waals surface area (Å²) in [6, 6.07) is 0.478. The van der Waals surface area contributed by atoms with Crippen LogP contribution < -0.4 is 5.32 Å². The number of hydrogen-bond acceptors (Lipinski definition) is 2. The zero-order valence-corrected chi connectivity index (χ0v) is 8.71. The molecule has 1 aliphatic rings. The van der Waals surface area contributed by atoms with E-state index >= 15 is 0 Å². The van der Waals surface area contributed by atoms with Gasteiger partial charge < -0.3 is 10.4 Å². The van der Waals surface area contributed by atoms with Gasteiger partial charge in [-0.2, -0.15) is 0 Å². The minimum absolute atomic E-state index is 0.478. The molecule has 0 saturated heterocycles. The number of aliphatic hydroxyl groups is 1. The topological polar surface area (TPSA) is 32.3 Å². The monoisotopic (exact) mass is 183 g/mol. The lowest BCUT2D eigenvalue weighted by atomic mass is 10.00. The summed E-state index contributed by atoms with van der Waals surface area (Å²) in [7, 11) is 0. The Morgan fingerprint density at radius 2 is 2.38 bits per heavy atom. The average molecular weight is 183 g/mol. The molecule has 2 heteroatoms. The van der Waals surface area contributed by atoms with Crippen molar-refractivity contribution in [3.05, 3.63) is 12.2 Å². The molecule has 0 heterocycles. The smallest absolute Gasteiger partial charge is 0.0741 e. The van der Waals surface area contributed by atoms with Crippen LogP contribution in [0.5, 0.6) is 0 Å². The van der Waals surface area contributed by atoms with E-state index < -0.39 is 5.60 Å². The molecule has 0 aliphatic heterocycles. The van der Waals surface area contributed by atoms with Crippen molar-refractivity contribution < 1.29 is 5.11 Å². The molecule has 0 aromatic heterocycles. The molecule has 0 aromatic carbocycles. The first-order valence-corrected chi connectivity index (χ1v) is 5.26. The average Bonchev–Trinajstić information content (AvgIpc) is 2.17. The molecule has 13 heavy (non-hydrogen) atoms. The van der Waals surface area contributed by atoms with E-state index in [-0.39, 0.29) is 0 Å². The Morgan fingerprint density at radius 3 is 2.92 bits per heavy atom. The maximum absolute atomic E-state index is 9.77. The van der Waals surface area contributed by atoms with Gasteiger partial charge in [0.1, 0.15) is 0 Å². The number of rotatable bonds is 4. The van der Waals surface area contributed by atoms with Crippen LogP contribution in [0.1, 0.15) is 39.5 Å². The lowest BCUT2D eigenvalue weighted by Gasteiger charge is -2.26. The third-order valence-corrected chi connectivity index (χ3v) is 2.76. The summed E-state index contributed by atoms with van der Waals surface area (Å²) in [5.41, 5.74) is -0.550. The highest BCUT2D eigenvalue weighted by molar-refractivity contribution is 4.98. The molecule has 0 bridgehead atoms. The second kappa shape index (κ2) is 4.77. The summed E-state index contributed by atoms with van der Waals surface area (Å²) < 4.78 is 0. The largest absolute Gasteiger partial charge is 0.389 e. The van der Waals surface area contributed by atoms with Gasteiger partial charge in [-0.1, -0.05) is 19.1 Å². The third-order valence-electron chi connectivity index (χ3n) is 2.76. The van der Waals surface area contributed by atoms with E-state index in [9.17, 15) is 5.11 Å². The van der Waals surface area contributed by atoms with E-state index in [1.54, 1.807) is 0 Å². The van der Waals surface area contributed by atoms with Gasteiger partial charge in [0.05, 0.1) is 5.60 Å². The van der Waals surface area contributed by atoms with Gasteiger partial charge >= 0.3 is 0 Å². The van der Waals surface area contributed by atoms with Crippen LogP contribution in [0.4, 0.5) is 0 Å². The molecule has 2 N–H and O–H groups in total. The van der Waals surface area contributed by atoms with Crippen LogP contribution in [0, 0.1) is 0 Å². The summed E-state index contributed by atoms with van der Waals surface area (Å²) in [4.78, 5) is 0. The van der Waals surface area contributed by atoms with Gasteiger partial charge in [0.2, 0.25) is 0 Å². The van der Waals surface area contributed by atoms with E-state index in [0.717, 1.165) is 6.42 Å². The van der Waals surface area contributed by atoms with Gasteiger partial charge in [0.15, 0.2) is 0 Å².